The summed E-state index contributed by atoms with van der Waals surface area (Å²) in [7, 11) is 1.67. The number of nitrogens with one attached hydrogen (secondary N) is 2. The highest BCUT2D eigenvalue weighted by molar-refractivity contribution is 5.79. The average Bonchev–Trinajstić information content (AvgIpc) is 3.16. The van der Waals surface area contributed by atoms with Crippen molar-refractivity contribution in [3.8, 4) is 11.5 Å². The lowest BCUT2D eigenvalue weighted by molar-refractivity contribution is 0.310. The summed E-state index contributed by atoms with van der Waals surface area (Å²) in [6.07, 6.45) is 8.03. The molecule has 30 heavy (non-hydrogen) atoms. The van der Waals surface area contributed by atoms with Gasteiger partial charge in [0.1, 0.15) is 5.82 Å². The first-order valence-corrected chi connectivity index (χ1v) is 11.0. The Hall–Kier alpha value is -2.70. The van der Waals surface area contributed by atoms with Gasteiger partial charge >= 0.3 is 0 Å². The van der Waals surface area contributed by atoms with Crippen molar-refractivity contribution >= 4 is 5.96 Å². The Kier molecular flexibility index (Phi) is 10.6. The monoisotopic (exact) mass is 415 g/mol. The van der Waals surface area contributed by atoms with E-state index in [2.05, 4.69) is 39.2 Å². The largest absolute Gasteiger partial charge is 0.493 e. The molecule has 0 saturated carbocycles. The standard InChI is InChI=1S/C23H37N5O2/c1-5-24-23(26-13-7-8-16-28-17-15-25-19(28)3)27-14-9-10-20-11-12-21(29-4)22(18-20)30-6-2/h11-12,15,17-18H,5-10,13-14,16H2,1-4H3,(H2,24,26,27). The summed E-state index contributed by atoms with van der Waals surface area (Å²) in [6, 6.07) is 6.13. The maximum atomic E-state index is 5.66. The number of aromatic nitrogens is 2. The third-order valence-electron chi connectivity index (χ3n) is 4.81. The van der Waals surface area contributed by atoms with Crippen molar-refractivity contribution in [3.63, 3.8) is 0 Å². The van der Waals surface area contributed by atoms with E-state index in [0.717, 1.165) is 75.1 Å². The van der Waals surface area contributed by atoms with Gasteiger partial charge in [-0.15, -0.1) is 0 Å². The van der Waals surface area contributed by atoms with Crippen molar-refractivity contribution in [2.24, 2.45) is 4.99 Å². The highest BCUT2D eigenvalue weighted by Gasteiger charge is 2.05. The molecule has 0 aliphatic heterocycles. The minimum atomic E-state index is 0.629. The molecule has 0 aliphatic rings. The molecule has 2 rings (SSSR count). The molecular formula is C23H37N5O2. The van der Waals surface area contributed by atoms with E-state index in [9.17, 15) is 0 Å². The molecule has 0 bridgehead atoms. The minimum absolute atomic E-state index is 0.629. The van der Waals surface area contributed by atoms with E-state index in [0.29, 0.717) is 6.61 Å². The second-order valence-corrected chi connectivity index (χ2v) is 7.08. The zero-order valence-corrected chi connectivity index (χ0v) is 18.9. The number of hydrogen-bond acceptors (Lipinski definition) is 4. The highest BCUT2D eigenvalue weighted by atomic mass is 16.5. The predicted octanol–water partition coefficient (Wildman–Crippen LogP) is 3.57. The molecule has 1 aromatic carbocycles. The summed E-state index contributed by atoms with van der Waals surface area (Å²) < 4.78 is 13.2. The number of rotatable bonds is 13. The average molecular weight is 416 g/mol. The molecule has 0 saturated heterocycles. The van der Waals surface area contributed by atoms with Gasteiger partial charge in [0.25, 0.3) is 0 Å². The fraction of sp³-hybridized carbons (Fsp3) is 0.565. The van der Waals surface area contributed by atoms with E-state index < -0.39 is 0 Å². The highest BCUT2D eigenvalue weighted by Crippen LogP contribution is 2.28. The van der Waals surface area contributed by atoms with Crippen LogP contribution in [-0.4, -0.2) is 48.9 Å². The number of imidazole rings is 1. The van der Waals surface area contributed by atoms with Gasteiger partial charge in [0.05, 0.1) is 13.7 Å². The van der Waals surface area contributed by atoms with Gasteiger partial charge in [-0.1, -0.05) is 6.07 Å². The van der Waals surface area contributed by atoms with Gasteiger partial charge in [0.2, 0.25) is 0 Å². The fourth-order valence-corrected chi connectivity index (χ4v) is 3.21. The minimum Gasteiger partial charge on any atom is -0.493 e. The van der Waals surface area contributed by atoms with Crippen LogP contribution in [-0.2, 0) is 13.0 Å². The lowest BCUT2D eigenvalue weighted by Crippen LogP contribution is -2.38. The summed E-state index contributed by atoms with van der Waals surface area (Å²) in [5.74, 6) is 3.55. The third-order valence-corrected chi connectivity index (χ3v) is 4.81. The summed E-state index contributed by atoms with van der Waals surface area (Å²) in [5, 5.41) is 6.76. The summed E-state index contributed by atoms with van der Waals surface area (Å²) >= 11 is 0. The quantitative estimate of drug-likeness (QED) is 0.297. The molecule has 0 aliphatic carbocycles. The van der Waals surface area contributed by atoms with Crippen molar-refractivity contribution < 1.29 is 9.47 Å². The molecule has 1 heterocycles. The van der Waals surface area contributed by atoms with Crippen LogP contribution in [0, 0.1) is 6.92 Å². The van der Waals surface area contributed by atoms with E-state index in [4.69, 9.17) is 14.5 Å². The normalized spacial score (nSPS) is 11.4. The predicted molar refractivity (Wildman–Crippen MR) is 123 cm³/mol. The SMILES string of the molecule is CCNC(=NCCCc1ccc(OC)c(OCC)c1)NCCCCn1ccnc1C. The number of aliphatic imine (C=N–C) groups is 1. The van der Waals surface area contributed by atoms with Gasteiger partial charge in [-0.2, -0.15) is 0 Å². The first-order valence-electron chi connectivity index (χ1n) is 11.0. The van der Waals surface area contributed by atoms with Gasteiger partial charge in [0, 0.05) is 38.6 Å². The van der Waals surface area contributed by atoms with Crippen LogP contribution in [0.25, 0.3) is 0 Å². The lowest BCUT2D eigenvalue weighted by Gasteiger charge is -2.12. The van der Waals surface area contributed by atoms with Crippen LogP contribution in [0.3, 0.4) is 0 Å². The zero-order valence-electron chi connectivity index (χ0n) is 18.9. The second-order valence-electron chi connectivity index (χ2n) is 7.08. The Labute approximate surface area is 180 Å². The molecule has 0 unspecified atom stereocenters. The smallest absolute Gasteiger partial charge is 0.191 e. The van der Waals surface area contributed by atoms with E-state index in [-0.39, 0.29) is 0 Å². The molecule has 7 nitrogen and oxygen atoms in total. The van der Waals surface area contributed by atoms with E-state index in [1.165, 1.54) is 5.56 Å². The Morgan fingerprint density at radius 3 is 2.70 bits per heavy atom. The molecule has 2 N–H and O–H groups in total. The first-order chi connectivity index (χ1) is 14.7. The molecule has 1 aromatic heterocycles. The van der Waals surface area contributed by atoms with Crippen LogP contribution in [0.2, 0.25) is 0 Å². The maximum Gasteiger partial charge on any atom is 0.191 e. The van der Waals surface area contributed by atoms with Crippen molar-refractivity contribution in [3.05, 3.63) is 42.0 Å². The van der Waals surface area contributed by atoms with Gasteiger partial charge in [-0.25, -0.2) is 4.98 Å². The number of nitrogens with zero attached hydrogens (tertiary/aromatic N) is 3. The Morgan fingerprint density at radius 2 is 2.00 bits per heavy atom. The molecule has 0 spiro atoms. The van der Waals surface area contributed by atoms with Crippen LogP contribution in [0.1, 0.15) is 44.5 Å². The number of ether oxygens (including phenoxy) is 2. The second kappa shape index (κ2) is 13.5. The molecule has 166 valence electrons. The number of unbranched alkanes of at least 4 members (excludes halogenated alkanes) is 1. The summed E-state index contributed by atoms with van der Waals surface area (Å²) in [5.41, 5.74) is 1.24. The number of benzene rings is 1. The Balaban J connectivity index is 1.72. The summed E-state index contributed by atoms with van der Waals surface area (Å²) in [6.45, 7) is 10.3. The van der Waals surface area contributed by atoms with Gasteiger partial charge < -0.3 is 24.7 Å². The van der Waals surface area contributed by atoms with Crippen molar-refractivity contribution in [1.29, 1.82) is 0 Å². The van der Waals surface area contributed by atoms with Crippen LogP contribution < -0.4 is 20.1 Å². The van der Waals surface area contributed by atoms with Gasteiger partial charge in [-0.05, 0) is 64.2 Å². The van der Waals surface area contributed by atoms with Crippen LogP contribution in [0.5, 0.6) is 11.5 Å². The van der Waals surface area contributed by atoms with Crippen LogP contribution in [0.15, 0.2) is 35.6 Å². The molecule has 0 atom stereocenters. The number of aryl methyl sites for hydroxylation is 3. The van der Waals surface area contributed by atoms with E-state index in [1.807, 2.05) is 32.3 Å². The van der Waals surface area contributed by atoms with Gasteiger partial charge in [-0.3, -0.25) is 4.99 Å². The molecule has 2 aromatic rings. The number of guanidine groups is 1. The topological polar surface area (TPSA) is 72.7 Å². The molecule has 0 amide bonds. The molecule has 7 heteroatoms. The van der Waals surface area contributed by atoms with Crippen LogP contribution >= 0.6 is 0 Å². The maximum absolute atomic E-state index is 5.66. The van der Waals surface area contributed by atoms with E-state index >= 15 is 0 Å². The zero-order chi connectivity index (χ0) is 21.6. The van der Waals surface area contributed by atoms with Crippen molar-refractivity contribution in [2.45, 2.75) is 53.0 Å². The molecular weight excluding hydrogens is 378 g/mol. The fourth-order valence-electron chi connectivity index (χ4n) is 3.21. The lowest BCUT2D eigenvalue weighted by atomic mass is 10.1. The van der Waals surface area contributed by atoms with Gasteiger partial charge in [0.15, 0.2) is 17.5 Å². The molecule has 0 fully saturated rings. The van der Waals surface area contributed by atoms with Crippen LogP contribution in [0.4, 0.5) is 0 Å². The first kappa shape index (κ1) is 23.6. The summed E-state index contributed by atoms with van der Waals surface area (Å²) in [4.78, 5) is 8.97. The molecule has 0 radical (unpaired) electrons. The van der Waals surface area contributed by atoms with Crippen molar-refractivity contribution in [1.82, 2.24) is 20.2 Å². The Morgan fingerprint density at radius 1 is 1.13 bits per heavy atom. The van der Waals surface area contributed by atoms with E-state index in [1.54, 1.807) is 7.11 Å². The number of methoxy groups -OCH3 is 1. The Bertz CT molecular complexity index is 773. The third kappa shape index (κ3) is 7.97. The number of hydrogen-bond donors (Lipinski definition) is 2. The van der Waals surface area contributed by atoms with Crippen molar-refractivity contribution in [2.75, 3.05) is 33.4 Å².